The molecule has 96 valence electrons. The summed E-state index contributed by atoms with van der Waals surface area (Å²) in [5.41, 5.74) is -0.487. The van der Waals surface area contributed by atoms with Gasteiger partial charge >= 0.3 is 6.09 Å². The van der Waals surface area contributed by atoms with E-state index in [1.54, 1.807) is 0 Å². The van der Waals surface area contributed by atoms with Crippen LogP contribution in [-0.4, -0.2) is 23.5 Å². The van der Waals surface area contributed by atoms with Crippen LogP contribution < -0.4 is 5.32 Å². The van der Waals surface area contributed by atoms with Gasteiger partial charge in [-0.3, -0.25) is 4.79 Å². The van der Waals surface area contributed by atoms with Crippen LogP contribution >= 0.6 is 0 Å². The highest BCUT2D eigenvalue weighted by Crippen LogP contribution is 2.26. The topological polar surface area (TPSA) is 55.4 Å². The van der Waals surface area contributed by atoms with Crippen LogP contribution in [0.25, 0.3) is 0 Å². The van der Waals surface area contributed by atoms with E-state index in [2.05, 4.69) is 11.9 Å². The molecule has 1 amide bonds. The third-order valence-electron chi connectivity index (χ3n) is 2.76. The highest BCUT2D eigenvalue weighted by atomic mass is 16.6. The maximum atomic E-state index is 11.5. The summed E-state index contributed by atoms with van der Waals surface area (Å²) in [6.07, 6.45) is 3.27. The molecule has 1 aliphatic rings. The van der Waals surface area contributed by atoms with Crippen LogP contribution in [0.15, 0.2) is 12.7 Å². The zero-order valence-corrected chi connectivity index (χ0v) is 10.8. The van der Waals surface area contributed by atoms with Crippen molar-refractivity contribution in [2.24, 2.45) is 5.92 Å². The van der Waals surface area contributed by atoms with Crippen LogP contribution in [0.2, 0.25) is 0 Å². The fourth-order valence-corrected chi connectivity index (χ4v) is 2.01. The predicted octanol–water partition coefficient (Wildman–Crippen LogP) is 2.43. The van der Waals surface area contributed by atoms with Crippen molar-refractivity contribution >= 4 is 11.9 Å². The van der Waals surface area contributed by atoms with E-state index < -0.39 is 11.7 Å². The maximum Gasteiger partial charge on any atom is 0.407 e. The molecule has 1 fully saturated rings. The third-order valence-corrected chi connectivity index (χ3v) is 2.76. The number of rotatable bonds is 3. The number of carbonyl (C=O) groups excluding carboxylic acids is 2. The zero-order chi connectivity index (χ0) is 13.1. The number of ketones is 1. The first kappa shape index (κ1) is 13.7. The minimum absolute atomic E-state index is 0.00689. The summed E-state index contributed by atoms with van der Waals surface area (Å²) in [4.78, 5) is 22.9. The molecule has 2 atom stereocenters. The van der Waals surface area contributed by atoms with Gasteiger partial charge in [-0.1, -0.05) is 6.58 Å². The SMILES string of the molecule is C=CC(=O)C1CCC(NC(=O)OC(C)(C)C)C1. The second kappa shape index (κ2) is 5.34. The van der Waals surface area contributed by atoms with E-state index in [1.165, 1.54) is 6.08 Å². The Labute approximate surface area is 102 Å². The molecule has 0 aromatic rings. The molecule has 0 spiro atoms. The lowest BCUT2D eigenvalue weighted by Crippen LogP contribution is -2.38. The summed E-state index contributed by atoms with van der Waals surface area (Å²) in [5, 5.41) is 2.80. The van der Waals surface area contributed by atoms with E-state index in [-0.39, 0.29) is 17.7 Å². The summed E-state index contributed by atoms with van der Waals surface area (Å²) in [5.74, 6) is 0.0749. The minimum Gasteiger partial charge on any atom is -0.444 e. The van der Waals surface area contributed by atoms with Crippen molar-refractivity contribution in [2.75, 3.05) is 0 Å². The highest BCUT2D eigenvalue weighted by molar-refractivity contribution is 5.91. The average molecular weight is 239 g/mol. The van der Waals surface area contributed by atoms with Crippen LogP contribution in [0, 0.1) is 5.92 Å². The van der Waals surface area contributed by atoms with Crippen molar-refractivity contribution in [3.8, 4) is 0 Å². The van der Waals surface area contributed by atoms with Gasteiger partial charge in [-0.2, -0.15) is 0 Å². The Balaban J connectivity index is 2.38. The molecular formula is C13H21NO3. The van der Waals surface area contributed by atoms with Gasteiger partial charge in [-0.05, 0) is 46.1 Å². The van der Waals surface area contributed by atoms with Crippen LogP contribution in [-0.2, 0) is 9.53 Å². The van der Waals surface area contributed by atoms with Crippen LogP contribution in [0.3, 0.4) is 0 Å². The molecule has 0 aromatic carbocycles. The zero-order valence-electron chi connectivity index (χ0n) is 10.8. The number of hydrogen-bond donors (Lipinski definition) is 1. The maximum absolute atomic E-state index is 11.5. The van der Waals surface area contributed by atoms with Gasteiger partial charge in [-0.25, -0.2) is 4.79 Å². The summed E-state index contributed by atoms with van der Waals surface area (Å²) in [7, 11) is 0. The number of nitrogens with one attached hydrogen (secondary N) is 1. The van der Waals surface area contributed by atoms with E-state index in [0.29, 0.717) is 6.42 Å². The Bertz CT molecular complexity index is 317. The molecule has 1 rings (SSSR count). The molecule has 2 unspecified atom stereocenters. The van der Waals surface area contributed by atoms with Gasteiger partial charge in [0.25, 0.3) is 0 Å². The van der Waals surface area contributed by atoms with Crippen molar-refractivity contribution in [1.29, 1.82) is 0 Å². The molecule has 0 aliphatic heterocycles. The van der Waals surface area contributed by atoms with E-state index in [1.807, 2.05) is 20.8 Å². The monoisotopic (exact) mass is 239 g/mol. The van der Waals surface area contributed by atoms with Crippen molar-refractivity contribution in [3.05, 3.63) is 12.7 Å². The largest absolute Gasteiger partial charge is 0.444 e. The Morgan fingerprint density at radius 2 is 2.00 bits per heavy atom. The predicted molar refractivity (Wildman–Crippen MR) is 65.7 cm³/mol. The van der Waals surface area contributed by atoms with Gasteiger partial charge in [0.15, 0.2) is 5.78 Å². The first-order valence-electron chi connectivity index (χ1n) is 5.97. The van der Waals surface area contributed by atoms with Crippen molar-refractivity contribution in [2.45, 2.75) is 51.7 Å². The number of carbonyl (C=O) groups is 2. The summed E-state index contributed by atoms with van der Waals surface area (Å²) in [6, 6.07) is 0.0405. The molecular weight excluding hydrogens is 218 g/mol. The molecule has 0 heterocycles. The van der Waals surface area contributed by atoms with Gasteiger partial charge in [0.2, 0.25) is 0 Å². The van der Waals surface area contributed by atoms with Gasteiger partial charge < -0.3 is 10.1 Å². The summed E-state index contributed by atoms with van der Waals surface area (Å²) in [6.45, 7) is 8.95. The Morgan fingerprint density at radius 3 is 2.53 bits per heavy atom. The second-order valence-electron chi connectivity index (χ2n) is 5.46. The molecule has 0 saturated heterocycles. The smallest absolute Gasteiger partial charge is 0.407 e. The van der Waals surface area contributed by atoms with Crippen LogP contribution in [0.4, 0.5) is 4.79 Å². The molecule has 1 N–H and O–H groups in total. The van der Waals surface area contributed by atoms with Crippen molar-refractivity contribution in [3.63, 3.8) is 0 Å². The molecule has 1 aliphatic carbocycles. The molecule has 0 bridgehead atoms. The molecule has 0 radical (unpaired) electrons. The van der Waals surface area contributed by atoms with E-state index >= 15 is 0 Å². The standard InChI is InChI=1S/C13H21NO3/c1-5-11(15)9-6-7-10(8-9)14-12(16)17-13(2,3)4/h5,9-10H,1,6-8H2,2-4H3,(H,14,16). The van der Waals surface area contributed by atoms with E-state index in [9.17, 15) is 9.59 Å². The first-order chi connectivity index (χ1) is 7.81. The highest BCUT2D eigenvalue weighted by Gasteiger charge is 2.30. The van der Waals surface area contributed by atoms with Gasteiger partial charge in [0.1, 0.15) is 5.60 Å². The van der Waals surface area contributed by atoms with Gasteiger partial charge in [0.05, 0.1) is 0 Å². The van der Waals surface area contributed by atoms with E-state index in [0.717, 1.165) is 12.8 Å². The van der Waals surface area contributed by atoms with Crippen LogP contribution in [0.5, 0.6) is 0 Å². The molecule has 4 heteroatoms. The van der Waals surface area contributed by atoms with E-state index in [4.69, 9.17) is 4.74 Å². The van der Waals surface area contributed by atoms with Crippen LogP contribution in [0.1, 0.15) is 40.0 Å². The normalized spacial score (nSPS) is 24.2. The molecule has 1 saturated carbocycles. The fourth-order valence-electron chi connectivity index (χ4n) is 2.01. The minimum atomic E-state index is -0.487. The average Bonchev–Trinajstić information content (AvgIpc) is 2.62. The summed E-state index contributed by atoms with van der Waals surface area (Å²) >= 11 is 0. The number of amides is 1. The van der Waals surface area contributed by atoms with Crippen molar-refractivity contribution in [1.82, 2.24) is 5.32 Å². The fraction of sp³-hybridized carbons (Fsp3) is 0.692. The second-order valence-corrected chi connectivity index (χ2v) is 5.46. The quantitative estimate of drug-likeness (QED) is 0.769. The van der Waals surface area contributed by atoms with Gasteiger partial charge in [0, 0.05) is 12.0 Å². The summed E-state index contributed by atoms with van der Waals surface area (Å²) < 4.78 is 5.17. The number of alkyl carbamates (subject to hydrolysis) is 1. The van der Waals surface area contributed by atoms with Gasteiger partial charge in [-0.15, -0.1) is 0 Å². The number of hydrogen-bond acceptors (Lipinski definition) is 3. The molecule has 4 nitrogen and oxygen atoms in total. The Kier molecular flexibility index (Phi) is 4.32. The van der Waals surface area contributed by atoms with Crippen molar-refractivity contribution < 1.29 is 14.3 Å². The Morgan fingerprint density at radius 1 is 1.35 bits per heavy atom. The number of allylic oxidation sites excluding steroid dienone is 1. The lowest BCUT2D eigenvalue weighted by molar-refractivity contribution is -0.118. The molecule has 0 aromatic heterocycles. The Hall–Kier alpha value is -1.32. The third kappa shape index (κ3) is 4.59. The first-order valence-corrected chi connectivity index (χ1v) is 5.97. The number of ether oxygens (including phenoxy) is 1. The lowest BCUT2D eigenvalue weighted by Gasteiger charge is -2.21. The lowest BCUT2D eigenvalue weighted by atomic mass is 10.0. The molecule has 17 heavy (non-hydrogen) atoms.